The maximum absolute atomic E-state index is 12.1. The van der Waals surface area contributed by atoms with Crippen molar-refractivity contribution < 1.29 is 0 Å². The minimum absolute atomic E-state index is 0.0419. The molecule has 0 atom stereocenters. The van der Waals surface area contributed by atoms with Gasteiger partial charge in [0.1, 0.15) is 12.1 Å². The van der Waals surface area contributed by atoms with Gasteiger partial charge in [0.25, 0.3) is 5.56 Å². The zero-order valence-electron chi connectivity index (χ0n) is 11.9. The zero-order chi connectivity index (χ0) is 14.7. The Kier molecular flexibility index (Phi) is 3.81. The molecule has 21 heavy (non-hydrogen) atoms. The number of anilines is 2. The SMILES string of the molecule is Cn1ccnc(N2CCC(Nc3ccncn3)CC2)c1=O. The van der Waals surface area contributed by atoms with E-state index in [0.717, 1.165) is 31.7 Å². The third-order valence-electron chi connectivity index (χ3n) is 3.73. The Morgan fingerprint density at radius 2 is 2.05 bits per heavy atom. The molecule has 0 amide bonds. The average molecular weight is 286 g/mol. The number of nitrogens with one attached hydrogen (secondary N) is 1. The lowest BCUT2D eigenvalue weighted by atomic mass is 10.1. The standard InChI is InChI=1S/C14H18N6O/c1-19-9-6-16-13(14(19)21)20-7-3-11(4-8-20)18-12-2-5-15-10-17-12/h2,5-6,9-11H,3-4,7-8H2,1H3,(H,15,17,18). The molecule has 0 unspecified atom stereocenters. The highest BCUT2D eigenvalue weighted by Crippen LogP contribution is 2.17. The Bertz CT molecular complexity index is 648. The minimum Gasteiger partial charge on any atom is -0.367 e. The molecule has 3 rings (SSSR count). The first-order valence-electron chi connectivity index (χ1n) is 7.03. The Balaban J connectivity index is 1.63. The molecule has 2 aromatic rings. The molecule has 0 spiro atoms. The van der Waals surface area contributed by atoms with Crippen LogP contribution >= 0.6 is 0 Å². The van der Waals surface area contributed by atoms with Gasteiger partial charge in [-0.3, -0.25) is 4.79 Å². The molecule has 1 aliphatic rings. The van der Waals surface area contributed by atoms with Crippen molar-refractivity contribution in [3.05, 3.63) is 41.3 Å². The second-order valence-electron chi connectivity index (χ2n) is 5.17. The van der Waals surface area contributed by atoms with Gasteiger partial charge in [0, 0.05) is 44.8 Å². The van der Waals surface area contributed by atoms with E-state index in [1.54, 1.807) is 30.2 Å². The van der Waals surface area contributed by atoms with E-state index in [1.807, 2.05) is 6.07 Å². The first kappa shape index (κ1) is 13.5. The average Bonchev–Trinajstić information content (AvgIpc) is 2.52. The lowest BCUT2D eigenvalue weighted by Crippen LogP contribution is -2.42. The molecule has 0 aromatic carbocycles. The van der Waals surface area contributed by atoms with Gasteiger partial charge < -0.3 is 14.8 Å². The molecular formula is C14H18N6O. The van der Waals surface area contributed by atoms with Gasteiger partial charge in [-0.1, -0.05) is 0 Å². The summed E-state index contributed by atoms with van der Waals surface area (Å²) in [5, 5.41) is 3.40. The molecule has 0 saturated carbocycles. The summed E-state index contributed by atoms with van der Waals surface area (Å²) in [5.74, 6) is 1.39. The molecule has 2 aromatic heterocycles. The normalized spacial score (nSPS) is 16.0. The predicted octanol–water partition coefficient (Wildman–Crippen LogP) is 0.651. The summed E-state index contributed by atoms with van der Waals surface area (Å²) in [6, 6.07) is 2.23. The number of hydrogen-bond donors (Lipinski definition) is 1. The quantitative estimate of drug-likeness (QED) is 0.893. The number of rotatable bonds is 3. The van der Waals surface area contributed by atoms with Crippen LogP contribution in [0.5, 0.6) is 0 Å². The van der Waals surface area contributed by atoms with E-state index in [-0.39, 0.29) is 5.56 Å². The van der Waals surface area contributed by atoms with Crippen LogP contribution in [0.15, 0.2) is 35.8 Å². The van der Waals surface area contributed by atoms with Crippen molar-refractivity contribution in [2.24, 2.45) is 7.05 Å². The van der Waals surface area contributed by atoms with Gasteiger partial charge in [-0.25, -0.2) is 15.0 Å². The number of piperidine rings is 1. The van der Waals surface area contributed by atoms with Gasteiger partial charge in [0.15, 0.2) is 5.82 Å². The van der Waals surface area contributed by atoms with Gasteiger partial charge in [-0.15, -0.1) is 0 Å². The Hall–Kier alpha value is -2.44. The van der Waals surface area contributed by atoms with Crippen molar-refractivity contribution in [2.45, 2.75) is 18.9 Å². The highest BCUT2D eigenvalue weighted by atomic mass is 16.1. The third kappa shape index (κ3) is 3.01. The molecule has 7 nitrogen and oxygen atoms in total. The van der Waals surface area contributed by atoms with Crippen LogP contribution in [0, 0.1) is 0 Å². The minimum atomic E-state index is -0.0419. The number of nitrogens with zero attached hydrogens (tertiary/aromatic N) is 5. The number of hydrogen-bond acceptors (Lipinski definition) is 6. The fraction of sp³-hybridized carbons (Fsp3) is 0.429. The van der Waals surface area contributed by atoms with Crippen LogP contribution < -0.4 is 15.8 Å². The molecule has 1 N–H and O–H groups in total. The molecule has 1 fully saturated rings. The fourth-order valence-corrected chi connectivity index (χ4v) is 2.52. The van der Waals surface area contributed by atoms with Gasteiger partial charge in [0.2, 0.25) is 0 Å². The van der Waals surface area contributed by atoms with Gasteiger partial charge >= 0.3 is 0 Å². The maximum atomic E-state index is 12.1. The van der Waals surface area contributed by atoms with Crippen LogP contribution in [0.25, 0.3) is 0 Å². The van der Waals surface area contributed by atoms with Crippen LogP contribution in [0.1, 0.15) is 12.8 Å². The zero-order valence-corrected chi connectivity index (χ0v) is 11.9. The molecule has 1 aliphatic heterocycles. The Morgan fingerprint density at radius 1 is 1.24 bits per heavy atom. The van der Waals surface area contributed by atoms with Crippen molar-refractivity contribution in [2.75, 3.05) is 23.3 Å². The van der Waals surface area contributed by atoms with Gasteiger partial charge in [-0.05, 0) is 18.9 Å². The monoisotopic (exact) mass is 286 g/mol. The maximum Gasteiger partial charge on any atom is 0.293 e. The first-order valence-corrected chi connectivity index (χ1v) is 7.03. The van der Waals surface area contributed by atoms with Crippen LogP contribution in [0.2, 0.25) is 0 Å². The van der Waals surface area contributed by atoms with Crippen LogP contribution in [-0.2, 0) is 7.05 Å². The molecule has 1 saturated heterocycles. The first-order chi connectivity index (χ1) is 10.2. The summed E-state index contributed by atoms with van der Waals surface area (Å²) in [5.41, 5.74) is -0.0419. The lowest BCUT2D eigenvalue weighted by Gasteiger charge is -2.32. The Morgan fingerprint density at radius 3 is 2.76 bits per heavy atom. The summed E-state index contributed by atoms with van der Waals surface area (Å²) in [6.07, 6.45) is 8.50. The van der Waals surface area contributed by atoms with E-state index in [0.29, 0.717) is 11.9 Å². The summed E-state index contributed by atoms with van der Waals surface area (Å²) < 4.78 is 1.56. The van der Waals surface area contributed by atoms with Crippen LogP contribution in [0.4, 0.5) is 11.6 Å². The van der Waals surface area contributed by atoms with Crippen molar-refractivity contribution in [1.82, 2.24) is 19.5 Å². The highest BCUT2D eigenvalue weighted by molar-refractivity contribution is 5.38. The van der Waals surface area contributed by atoms with Crippen molar-refractivity contribution in [3.8, 4) is 0 Å². The Labute approximate surface area is 122 Å². The highest BCUT2D eigenvalue weighted by Gasteiger charge is 2.22. The molecular weight excluding hydrogens is 268 g/mol. The smallest absolute Gasteiger partial charge is 0.293 e. The van der Waals surface area contributed by atoms with E-state index < -0.39 is 0 Å². The van der Waals surface area contributed by atoms with Crippen molar-refractivity contribution in [1.29, 1.82) is 0 Å². The molecule has 0 bridgehead atoms. The third-order valence-corrected chi connectivity index (χ3v) is 3.73. The van der Waals surface area contributed by atoms with E-state index in [1.165, 1.54) is 6.33 Å². The molecule has 0 radical (unpaired) electrons. The second-order valence-corrected chi connectivity index (χ2v) is 5.17. The predicted molar refractivity (Wildman–Crippen MR) is 80.4 cm³/mol. The summed E-state index contributed by atoms with van der Waals surface area (Å²) in [7, 11) is 1.75. The fourth-order valence-electron chi connectivity index (χ4n) is 2.52. The molecule has 0 aliphatic carbocycles. The van der Waals surface area contributed by atoms with E-state index >= 15 is 0 Å². The largest absolute Gasteiger partial charge is 0.367 e. The topological polar surface area (TPSA) is 75.9 Å². The van der Waals surface area contributed by atoms with Gasteiger partial charge in [-0.2, -0.15) is 0 Å². The molecule has 3 heterocycles. The van der Waals surface area contributed by atoms with Gasteiger partial charge in [0.05, 0.1) is 0 Å². The van der Waals surface area contributed by atoms with Crippen molar-refractivity contribution >= 4 is 11.6 Å². The summed E-state index contributed by atoms with van der Waals surface area (Å²) in [4.78, 5) is 26.4. The van der Waals surface area contributed by atoms with Crippen LogP contribution in [-0.4, -0.2) is 38.7 Å². The molecule has 7 heteroatoms. The van der Waals surface area contributed by atoms with E-state index in [9.17, 15) is 4.79 Å². The number of aryl methyl sites for hydroxylation is 1. The lowest BCUT2D eigenvalue weighted by molar-refractivity contribution is 0.519. The summed E-state index contributed by atoms with van der Waals surface area (Å²) >= 11 is 0. The van der Waals surface area contributed by atoms with E-state index in [2.05, 4.69) is 25.2 Å². The molecule has 110 valence electrons. The number of aromatic nitrogens is 4. The van der Waals surface area contributed by atoms with E-state index in [4.69, 9.17) is 0 Å². The summed E-state index contributed by atoms with van der Waals surface area (Å²) in [6.45, 7) is 1.63. The van der Waals surface area contributed by atoms with Crippen LogP contribution in [0.3, 0.4) is 0 Å². The van der Waals surface area contributed by atoms with Crippen molar-refractivity contribution in [3.63, 3.8) is 0 Å². The second kappa shape index (κ2) is 5.90.